The van der Waals surface area contributed by atoms with E-state index in [1.807, 2.05) is 60.7 Å². The Morgan fingerprint density at radius 3 is 2.27 bits per heavy atom. The summed E-state index contributed by atoms with van der Waals surface area (Å²) in [5.74, 6) is 0.500. The molecular formula is C22H26Cl2N4O2. The quantitative estimate of drug-likeness (QED) is 0.383. The van der Waals surface area contributed by atoms with Gasteiger partial charge in [-0.25, -0.2) is 9.78 Å². The number of carbonyl (C=O) groups is 1. The number of rotatable bonds is 8. The normalized spacial score (nSPS) is 10.8. The lowest BCUT2D eigenvalue weighted by Crippen LogP contribution is -2.23. The van der Waals surface area contributed by atoms with Crippen molar-refractivity contribution >= 4 is 42.4 Å². The van der Waals surface area contributed by atoms with Crippen molar-refractivity contribution in [3.8, 4) is 0 Å². The number of hydrogen-bond acceptors (Lipinski definition) is 4. The molecule has 0 aliphatic heterocycles. The summed E-state index contributed by atoms with van der Waals surface area (Å²) in [6.45, 7) is 1.27. The molecule has 1 unspecified atom stereocenters. The van der Waals surface area contributed by atoms with Crippen LogP contribution >= 0.6 is 24.8 Å². The summed E-state index contributed by atoms with van der Waals surface area (Å²) in [4.78, 5) is 16.0. The SMILES string of the molecule is Cl.Cl.O=C(Nc1ccc(CCNCC(O)c2ccccc2)cc1)Nc1ccccn1. The molecule has 0 bridgehead atoms. The molecule has 0 aliphatic carbocycles. The minimum Gasteiger partial charge on any atom is -0.387 e. The number of aromatic nitrogens is 1. The molecule has 4 N–H and O–H groups in total. The summed E-state index contributed by atoms with van der Waals surface area (Å²) < 4.78 is 0. The largest absolute Gasteiger partial charge is 0.387 e. The van der Waals surface area contributed by atoms with Crippen LogP contribution in [0.1, 0.15) is 17.2 Å². The van der Waals surface area contributed by atoms with Gasteiger partial charge in [-0.15, -0.1) is 24.8 Å². The predicted molar refractivity (Wildman–Crippen MR) is 126 cm³/mol. The van der Waals surface area contributed by atoms with Crippen molar-refractivity contribution < 1.29 is 9.90 Å². The highest BCUT2D eigenvalue weighted by Crippen LogP contribution is 2.12. The van der Waals surface area contributed by atoms with Crippen molar-refractivity contribution in [2.45, 2.75) is 12.5 Å². The highest BCUT2D eigenvalue weighted by Gasteiger charge is 2.06. The Bertz CT molecular complexity index is 865. The first-order chi connectivity index (χ1) is 13.7. The monoisotopic (exact) mass is 448 g/mol. The molecule has 0 spiro atoms. The van der Waals surface area contributed by atoms with E-state index in [2.05, 4.69) is 20.9 Å². The molecule has 1 heterocycles. The highest BCUT2D eigenvalue weighted by atomic mass is 35.5. The second-order valence-electron chi connectivity index (χ2n) is 6.37. The molecule has 160 valence electrons. The number of pyridine rings is 1. The van der Waals surface area contributed by atoms with Gasteiger partial charge in [0.1, 0.15) is 5.82 Å². The molecule has 2 amide bonds. The molecule has 30 heavy (non-hydrogen) atoms. The van der Waals surface area contributed by atoms with Gasteiger partial charge in [0.25, 0.3) is 0 Å². The van der Waals surface area contributed by atoms with Gasteiger partial charge < -0.3 is 15.7 Å². The molecule has 8 heteroatoms. The van der Waals surface area contributed by atoms with Crippen LogP contribution in [0.25, 0.3) is 0 Å². The minimum absolute atomic E-state index is 0. The van der Waals surface area contributed by atoms with E-state index in [9.17, 15) is 9.90 Å². The lowest BCUT2D eigenvalue weighted by molar-refractivity contribution is 0.175. The zero-order valence-corrected chi connectivity index (χ0v) is 18.0. The van der Waals surface area contributed by atoms with Gasteiger partial charge in [-0.2, -0.15) is 0 Å². The molecule has 1 aromatic heterocycles. The van der Waals surface area contributed by atoms with Gasteiger partial charge in [-0.05, 0) is 48.4 Å². The molecule has 6 nitrogen and oxygen atoms in total. The van der Waals surface area contributed by atoms with Crippen molar-refractivity contribution in [3.63, 3.8) is 0 Å². The van der Waals surface area contributed by atoms with Crippen molar-refractivity contribution in [2.75, 3.05) is 23.7 Å². The van der Waals surface area contributed by atoms with Crippen LogP contribution in [-0.4, -0.2) is 29.2 Å². The van der Waals surface area contributed by atoms with Gasteiger partial charge >= 0.3 is 6.03 Å². The molecule has 2 aromatic carbocycles. The van der Waals surface area contributed by atoms with E-state index in [1.165, 1.54) is 0 Å². The topological polar surface area (TPSA) is 86.3 Å². The summed E-state index contributed by atoms with van der Waals surface area (Å²) in [5.41, 5.74) is 2.77. The van der Waals surface area contributed by atoms with Crippen LogP contribution in [0.15, 0.2) is 79.0 Å². The summed E-state index contributed by atoms with van der Waals surface area (Å²) in [7, 11) is 0. The van der Waals surface area contributed by atoms with Gasteiger partial charge in [-0.1, -0.05) is 48.5 Å². The predicted octanol–water partition coefficient (Wildman–Crippen LogP) is 4.43. The number of hydrogen-bond donors (Lipinski definition) is 4. The van der Waals surface area contributed by atoms with Gasteiger partial charge in [0.15, 0.2) is 0 Å². The zero-order chi connectivity index (χ0) is 19.6. The van der Waals surface area contributed by atoms with E-state index in [4.69, 9.17) is 0 Å². The molecule has 0 aliphatic rings. The smallest absolute Gasteiger partial charge is 0.324 e. The van der Waals surface area contributed by atoms with Crippen LogP contribution < -0.4 is 16.0 Å². The molecule has 3 rings (SSSR count). The van der Waals surface area contributed by atoms with E-state index in [0.29, 0.717) is 18.1 Å². The van der Waals surface area contributed by atoms with E-state index in [1.54, 1.807) is 18.3 Å². The second kappa shape index (κ2) is 13.6. The number of aliphatic hydroxyl groups excluding tert-OH is 1. The number of nitrogens with one attached hydrogen (secondary N) is 3. The van der Waals surface area contributed by atoms with Crippen LogP contribution in [0.4, 0.5) is 16.3 Å². The maximum absolute atomic E-state index is 12.0. The summed E-state index contributed by atoms with van der Waals surface area (Å²) in [5, 5.41) is 18.9. The number of nitrogens with zero attached hydrogens (tertiary/aromatic N) is 1. The fraction of sp³-hybridized carbons (Fsp3) is 0.182. The number of aliphatic hydroxyl groups is 1. The molecule has 0 saturated carbocycles. The van der Waals surface area contributed by atoms with Crippen molar-refractivity contribution in [1.29, 1.82) is 0 Å². The van der Waals surface area contributed by atoms with Crippen LogP contribution in [0, 0.1) is 0 Å². The lowest BCUT2D eigenvalue weighted by Gasteiger charge is -2.12. The number of benzene rings is 2. The summed E-state index contributed by atoms with van der Waals surface area (Å²) in [6, 6.07) is 22.3. The molecule has 0 radical (unpaired) electrons. The first-order valence-electron chi connectivity index (χ1n) is 9.22. The molecular weight excluding hydrogens is 423 g/mol. The number of urea groups is 1. The summed E-state index contributed by atoms with van der Waals surface area (Å²) >= 11 is 0. The Morgan fingerprint density at radius 2 is 1.60 bits per heavy atom. The molecule has 1 atom stereocenters. The average Bonchev–Trinajstić information content (AvgIpc) is 2.73. The number of amides is 2. The van der Waals surface area contributed by atoms with Crippen LogP contribution in [0.2, 0.25) is 0 Å². The Morgan fingerprint density at radius 1 is 0.900 bits per heavy atom. The lowest BCUT2D eigenvalue weighted by atomic mass is 10.1. The third-order valence-electron chi connectivity index (χ3n) is 4.23. The first kappa shape index (κ1) is 25.4. The number of halogens is 2. The first-order valence-corrected chi connectivity index (χ1v) is 9.22. The van der Waals surface area contributed by atoms with E-state index < -0.39 is 6.10 Å². The number of anilines is 2. The summed E-state index contributed by atoms with van der Waals surface area (Å²) in [6.07, 6.45) is 1.95. The fourth-order valence-electron chi connectivity index (χ4n) is 2.73. The fourth-order valence-corrected chi connectivity index (χ4v) is 2.73. The highest BCUT2D eigenvalue weighted by molar-refractivity contribution is 5.99. The van der Waals surface area contributed by atoms with Crippen molar-refractivity contribution in [1.82, 2.24) is 10.3 Å². The maximum Gasteiger partial charge on any atom is 0.324 e. The van der Waals surface area contributed by atoms with E-state index in [-0.39, 0.29) is 30.8 Å². The van der Waals surface area contributed by atoms with E-state index >= 15 is 0 Å². The standard InChI is InChI=1S/C22H24N4O2.2ClH/c27-20(18-6-2-1-3-7-18)16-23-15-13-17-9-11-19(12-10-17)25-22(28)26-21-8-4-5-14-24-21;;/h1-12,14,20,23,27H,13,15-16H2,(H2,24,25,26,28);2*1H. The molecule has 0 saturated heterocycles. The van der Waals surface area contributed by atoms with Crippen molar-refractivity contribution in [3.05, 3.63) is 90.1 Å². The van der Waals surface area contributed by atoms with Crippen LogP contribution in [0.5, 0.6) is 0 Å². The minimum atomic E-state index is -0.509. The maximum atomic E-state index is 12.0. The third kappa shape index (κ3) is 8.39. The molecule has 3 aromatic rings. The van der Waals surface area contributed by atoms with Crippen LogP contribution in [-0.2, 0) is 6.42 Å². The van der Waals surface area contributed by atoms with Crippen LogP contribution in [0.3, 0.4) is 0 Å². The average molecular weight is 449 g/mol. The molecule has 0 fully saturated rings. The van der Waals surface area contributed by atoms with Gasteiger partial charge in [0.05, 0.1) is 6.10 Å². The van der Waals surface area contributed by atoms with Gasteiger partial charge in [-0.3, -0.25) is 5.32 Å². The third-order valence-corrected chi connectivity index (χ3v) is 4.23. The second-order valence-corrected chi connectivity index (χ2v) is 6.37. The zero-order valence-electron chi connectivity index (χ0n) is 16.3. The Balaban J connectivity index is 0.00000225. The Kier molecular flexibility index (Phi) is 11.5. The van der Waals surface area contributed by atoms with Gasteiger partial charge in [0.2, 0.25) is 0 Å². The number of carbonyl (C=O) groups excluding carboxylic acids is 1. The van der Waals surface area contributed by atoms with Crippen molar-refractivity contribution in [2.24, 2.45) is 0 Å². The van der Waals surface area contributed by atoms with E-state index in [0.717, 1.165) is 24.1 Å². The van der Waals surface area contributed by atoms with Gasteiger partial charge in [0, 0.05) is 18.4 Å². The Hall–Kier alpha value is -2.64. The Labute approximate surface area is 189 Å².